The van der Waals surface area contributed by atoms with Gasteiger partial charge in [-0.2, -0.15) is 13.2 Å². The van der Waals surface area contributed by atoms with Crippen molar-refractivity contribution in [1.82, 2.24) is 15.5 Å². The van der Waals surface area contributed by atoms with Gasteiger partial charge in [-0.3, -0.25) is 9.69 Å². The lowest BCUT2D eigenvalue weighted by molar-refractivity contribution is -0.139. The van der Waals surface area contributed by atoms with Crippen LogP contribution in [0.2, 0.25) is 0 Å². The van der Waals surface area contributed by atoms with Crippen LogP contribution in [-0.4, -0.2) is 55.2 Å². The van der Waals surface area contributed by atoms with Gasteiger partial charge in [-0.1, -0.05) is 0 Å². The van der Waals surface area contributed by atoms with Gasteiger partial charge in [-0.15, -0.1) is 0 Å². The fourth-order valence-corrected chi connectivity index (χ4v) is 2.03. The summed E-state index contributed by atoms with van der Waals surface area (Å²) in [5, 5.41) is 5.16. The Kier molecular flexibility index (Phi) is 4.76. The van der Waals surface area contributed by atoms with Gasteiger partial charge in [0.1, 0.15) is 6.54 Å². The SMILES string of the molecule is CC1CN(CC(=O)NCC(F)(F)F)CC(C)N1. The van der Waals surface area contributed by atoms with Crippen molar-refractivity contribution in [2.24, 2.45) is 0 Å². The molecule has 1 fully saturated rings. The molecule has 1 aliphatic heterocycles. The molecule has 1 saturated heterocycles. The highest BCUT2D eigenvalue weighted by atomic mass is 19.4. The van der Waals surface area contributed by atoms with Crippen molar-refractivity contribution in [3.8, 4) is 0 Å². The van der Waals surface area contributed by atoms with Crippen LogP contribution >= 0.6 is 0 Å². The molecule has 1 amide bonds. The van der Waals surface area contributed by atoms with E-state index >= 15 is 0 Å². The van der Waals surface area contributed by atoms with Crippen LogP contribution in [-0.2, 0) is 4.79 Å². The molecule has 0 aliphatic carbocycles. The number of piperazine rings is 1. The Morgan fingerprint density at radius 3 is 2.35 bits per heavy atom. The second-order valence-corrected chi connectivity index (χ2v) is 4.55. The third-order valence-corrected chi connectivity index (χ3v) is 2.49. The second kappa shape index (κ2) is 5.68. The summed E-state index contributed by atoms with van der Waals surface area (Å²) in [5.74, 6) is -0.580. The van der Waals surface area contributed by atoms with Gasteiger partial charge in [0, 0.05) is 25.2 Å². The van der Waals surface area contributed by atoms with Gasteiger partial charge < -0.3 is 10.6 Å². The third-order valence-electron chi connectivity index (χ3n) is 2.49. The standard InChI is InChI=1S/C10H18F3N3O/c1-7-3-16(4-8(2)15-7)5-9(17)14-6-10(11,12)13/h7-8,15H,3-6H2,1-2H3,(H,14,17). The second-order valence-electron chi connectivity index (χ2n) is 4.55. The summed E-state index contributed by atoms with van der Waals surface area (Å²) in [7, 11) is 0. The highest BCUT2D eigenvalue weighted by Crippen LogP contribution is 2.12. The smallest absolute Gasteiger partial charge is 0.346 e. The molecule has 0 spiro atoms. The van der Waals surface area contributed by atoms with E-state index in [-0.39, 0.29) is 18.6 Å². The number of nitrogens with zero attached hydrogens (tertiary/aromatic N) is 1. The Hall–Kier alpha value is -0.820. The van der Waals surface area contributed by atoms with E-state index in [1.165, 1.54) is 0 Å². The summed E-state index contributed by atoms with van der Waals surface area (Å²) >= 11 is 0. The van der Waals surface area contributed by atoms with Crippen molar-refractivity contribution in [1.29, 1.82) is 0 Å². The van der Waals surface area contributed by atoms with Crippen LogP contribution in [0, 0.1) is 0 Å². The van der Waals surface area contributed by atoms with Crippen LogP contribution in [0.25, 0.3) is 0 Å². The average molecular weight is 253 g/mol. The van der Waals surface area contributed by atoms with Gasteiger partial charge >= 0.3 is 6.18 Å². The number of hydrogen-bond acceptors (Lipinski definition) is 3. The minimum Gasteiger partial charge on any atom is -0.346 e. The van der Waals surface area contributed by atoms with Crippen LogP contribution in [0.3, 0.4) is 0 Å². The number of nitrogens with one attached hydrogen (secondary N) is 2. The number of rotatable bonds is 3. The van der Waals surface area contributed by atoms with Crippen LogP contribution < -0.4 is 10.6 Å². The minimum absolute atomic E-state index is 0.0203. The first kappa shape index (κ1) is 14.2. The van der Waals surface area contributed by atoms with E-state index in [1.807, 2.05) is 24.1 Å². The number of amides is 1. The third kappa shape index (κ3) is 5.88. The van der Waals surface area contributed by atoms with Crippen molar-refractivity contribution < 1.29 is 18.0 Å². The summed E-state index contributed by atoms with van der Waals surface area (Å²) < 4.78 is 35.6. The van der Waals surface area contributed by atoms with Crippen LogP contribution in [0.5, 0.6) is 0 Å². The maximum atomic E-state index is 11.9. The monoisotopic (exact) mass is 253 g/mol. The van der Waals surface area contributed by atoms with E-state index in [1.54, 1.807) is 0 Å². The van der Waals surface area contributed by atoms with Crippen molar-refractivity contribution >= 4 is 5.91 Å². The largest absolute Gasteiger partial charge is 0.405 e. The van der Waals surface area contributed by atoms with Crippen molar-refractivity contribution in [2.75, 3.05) is 26.2 Å². The van der Waals surface area contributed by atoms with E-state index in [0.717, 1.165) is 0 Å². The number of carbonyl (C=O) groups excluding carboxylic acids is 1. The Bertz CT molecular complexity index is 260. The summed E-state index contributed by atoms with van der Waals surface area (Å²) in [5.41, 5.74) is 0. The minimum atomic E-state index is -4.35. The first-order valence-corrected chi connectivity index (χ1v) is 5.58. The Labute approximate surface area is 98.5 Å². The lowest BCUT2D eigenvalue weighted by Crippen LogP contribution is -2.56. The summed E-state index contributed by atoms with van der Waals surface area (Å²) in [6.45, 7) is 4.07. The lowest BCUT2D eigenvalue weighted by atomic mass is 10.1. The van der Waals surface area contributed by atoms with E-state index in [4.69, 9.17) is 0 Å². The molecule has 2 atom stereocenters. The first-order chi connectivity index (χ1) is 7.76. The zero-order valence-electron chi connectivity index (χ0n) is 9.97. The molecule has 1 rings (SSSR count). The summed E-state index contributed by atoms with van der Waals surface area (Å²) in [6.07, 6.45) is -4.35. The predicted molar refractivity (Wildman–Crippen MR) is 57.6 cm³/mol. The molecule has 0 saturated carbocycles. The van der Waals surface area contributed by atoms with Gasteiger partial charge in [0.05, 0.1) is 6.54 Å². The van der Waals surface area contributed by atoms with Crippen LogP contribution in [0.1, 0.15) is 13.8 Å². The molecule has 17 heavy (non-hydrogen) atoms. The number of alkyl halides is 3. The van der Waals surface area contributed by atoms with Gasteiger partial charge in [0.2, 0.25) is 5.91 Å². The van der Waals surface area contributed by atoms with Gasteiger partial charge in [-0.05, 0) is 13.8 Å². The van der Waals surface area contributed by atoms with Crippen molar-refractivity contribution in [3.05, 3.63) is 0 Å². The Morgan fingerprint density at radius 1 is 1.35 bits per heavy atom. The molecule has 2 unspecified atom stereocenters. The molecule has 0 aromatic rings. The molecule has 0 aromatic carbocycles. The fourth-order valence-electron chi connectivity index (χ4n) is 2.03. The topological polar surface area (TPSA) is 44.4 Å². The van der Waals surface area contributed by atoms with E-state index in [9.17, 15) is 18.0 Å². The Morgan fingerprint density at radius 2 is 1.88 bits per heavy atom. The Balaban J connectivity index is 2.30. The molecule has 4 nitrogen and oxygen atoms in total. The van der Waals surface area contributed by atoms with Crippen LogP contribution in [0.4, 0.5) is 13.2 Å². The molecule has 0 aromatic heterocycles. The number of halogens is 3. The molecule has 2 N–H and O–H groups in total. The molecule has 7 heteroatoms. The van der Waals surface area contributed by atoms with Gasteiger partial charge in [-0.25, -0.2) is 0 Å². The highest BCUT2D eigenvalue weighted by molar-refractivity contribution is 5.78. The van der Waals surface area contributed by atoms with E-state index < -0.39 is 18.6 Å². The van der Waals surface area contributed by atoms with Crippen molar-refractivity contribution in [3.63, 3.8) is 0 Å². The quantitative estimate of drug-likeness (QED) is 0.762. The lowest BCUT2D eigenvalue weighted by Gasteiger charge is -2.35. The molecular weight excluding hydrogens is 235 g/mol. The molecule has 100 valence electrons. The highest BCUT2D eigenvalue weighted by Gasteiger charge is 2.28. The predicted octanol–water partition coefficient (Wildman–Crippen LogP) is 0.347. The summed E-state index contributed by atoms with van der Waals surface area (Å²) in [4.78, 5) is 13.2. The van der Waals surface area contributed by atoms with Crippen LogP contribution in [0.15, 0.2) is 0 Å². The molecule has 0 bridgehead atoms. The normalized spacial score (nSPS) is 26.9. The molecule has 0 radical (unpaired) electrons. The van der Waals surface area contributed by atoms with Gasteiger partial charge in [0.15, 0.2) is 0 Å². The van der Waals surface area contributed by atoms with Crippen molar-refractivity contribution in [2.45, 2.75) is 32.1 Å². The molecule has 1 heterocycles. The van der Waals surface area contributed by atoms with E-state index in [0.29, 0.717) is 13.1 Å². The fraction of sp³-hybridized carbons (Fsp3) is 0.900. The summed E-state index contributed by atoms with van der Waals surface area (Å²) in [6, 6.07) is 0.489. The number of carbonyl (C=O) groups is 1. The molecule has 1 aliphatic rings. The average Bonchev–Trinajstić information content (AvgIpc) is 2.11. The zero-order valence-corrected chi connectivity index (χ0v) is 9.97. The maximum absolute atomic E-state index is 11.9. The number of hydrogen-bond donors (Lipinski definition) is 2. The molecular formula is C10H18F3N3O. The first-order valence-electron chi connectivity index (χ1n) is 5.58. The van der Waals surface area contributed by atoms with Gasteiger partial charge in [0.25, 0.3) is 0 Å². The zero-order chi connectivity index (χ0) is 13.1. The maximum Gasteiger partial charge on any atom is 0.405 e. The van der Waals surface area contributed by atoms with E-state index in [2.05, 4.69) is 5.32 Å².